The lowest BCUT2D eigenvalue weighted by molar-refractivity contribution is -0.149. The lowest BCUT2D eigenvalue weighted by Gasteiger charge is -2.23. The molecule has 1 amide bonds. The number of benzene rings is 2. The largest absolute Gasteiger partial charge is 0.493 e. The van der Waals surface area contributed by atoms with Gasteiger partial charge in [-0.2, -0.15) is 0 Å². The van der Waals surface area contributed by atoms with Gasteiger partial charge in [-0.3, -0.25) is 0 Å². The number of alkyl halides is 2. The molecular weight excluding hydrogens is 492 g/mol. The van der Waals surface area contributed by atoms with E-state index in [2.05, 4.69) is 0 Å². The van der Waals surface area contributed by atoms with Gasteiger partial charge in [-0.1, -0.05) is 24.3 Å². The average Bonchev–Trinajstić information content (AvgIpc) is 2.85. The maximum Gasteiger partial charge on any atom is 0.415 e. The first-order valence-electron chi connectivity index (χ1n) is 11.7. The number of carboxylic acids is 1. The van der Waals surface area contributed by atoms with Crippen molar-refractivity contribution in [1.29, 1.82) is 0 Å². The van der Waals surface area contributed by atoms with Crippen molar-refractivity contribution < 1.29 is 47.2 Å². The number of aliphatic carboxylic acids is 1. The van der Waals surface area contributed by atoms with Crippen molar-refractivity contribution in [3.63, 3.8) is 0 Å². The second kappa shape index (κ2) is 15.0. The van der Waals surface area contributed by atoms with Crippen molar-refractivity contribution in [2.45, 2.75) is 32.3 Å². The molecule has 0 spiro atoms. The van der Waals surface area contributed by atoms with Crippen molar-refractivity contribution in [3.8, 4) is 17.2 Å². The average molecular weight is 526 g/mol. The number of amides is 1. The van der Waals surface area contributed by atoms with E-state index in [9.17, 15) is 23.5 Å². The summed E-state index contributed by atoms with van der Waals surface area (Å²) in [6.07, 6.45) is -1.44. The second-order valence-corrected chi connectivity index (χ2v) is 8.11. The van der Waals surface area contributed by atoms with E-state index in [4.69, 9.17) is 23.7 Å². The second-order valence-electron chi connectivity index (χ2n) is 8.11. The van der Waals surface area contributed by atoms with E-state index in [1.54, 1.807) is 55.5 Å². The van der Waals surface area contributed by atoms with Crippen LogP contribution in [0.1, 0.15) is 19.4 Å². The lowest BCUT2D eigenvalue weighted by atomic mass is 10.1. The standard InChI is InChI=1S/C26H33F2NO8/c1-4-35-23(24(30)31)17-19-9-11-20(12-10-19)36-16-14-29(13-15-34-18-26(2,27)28)25(32)37-22-8-6-5-7-21(22)33-3/h5-12,23H,4,13-18H2,1-3H3,(H,30,31). The van der Waals surface area contributed by atoms with E-state index in [1.807, 2.05) is 0 Å². The van der Waals surface area contributed by atoms with Crippen LogP contribution >= 0.6 is 0 Å². The summed E-state index contributed by atoms with van der Waals surface area (Å²) in [5, 5.41) is 9.23. The summed E-state index contributed by atoms with van der Waals surface area (Å²) < 4.78 is 52.7. The van der Waals surface area contributed by atoms with Gasteiger partial charge >= 0.3 is 12.1 Å². The molecule has 2 aromatic carbocycles. The number of nitrogens with zero attached hydrogens (tertiary/aromatic N) is 1. The fourth-order valence-electron chi connectivity index (χ4n) is 3.21. The predicted octanol–water partition coefficient (Wildman–Crippen LogP) is 4.28. The van der Waals surface area contributed by atoms with Crippen LogP contribution in [0.2, 0.25) is 0 Å². The van der Waals surface area contributed by atoms with E-state index >= 15 is 0 Å². The van der Waals surface area contributed by atoms with Crippen LogP contribution in [0.5, 0.6) is 17.2 Å². The Kier molecular flexibility index (Phi) is 12.0. The van der Waals surface area contributed by atoms with E-state index in [0.29, 0.717) is 18.1 Å². The maximum absolute atomic E-state index is 13.0. The van der Waals surface area contributed by atoms with Crippen LogP contribution in [0.4, 0.5) is 13.6 Å². The smallest absolute Gasteiger partial charge is 0.415 e. The summed E-state index contributed by atoms with van der Waals surface area (Å²) in [6.45, 7) is 2.06. The highest BCUT2D eigenvalue weighted by Gasteiger charge is 2.23. The molecule has 37 heavy (non-hydrogen) atoms. The van der Waals surface area contributed by atoms with Crippen molar-refractivity contribution in [1.82, 2.24) is 4.90 Å². The summed E-state index contributed by atoms with van der Waals surface area (Å²) in [4.78, 5) is 25.4. The van der Waals surface area contributed by atoms with Gasteiger partial charge in [0.25, 0.3) is 5.92 Å². The Bertz CT molecular complexity index is 981. The van der Waals surface area contributed by atoms with Gasteiger partial charge in [0.2, 0.25) is 0 Å². The number of hydrogen-bond donors (Lipinski definition) is 1. The van der Waals surface area contributed by atoms with Crippen molar-refractivity contribution in [2.24, 2.45) is 0 Å². The first-order chi connectivity index (χ1) is 17.6. The Morgan fingerprint density at radius 2 is 1.68 bits per heavy atom. The predicted molar refractivity (Wildman–Crippen MR) is 131 cm³/mol. The van der Waals surface area contributed by atoms with Crippen molar-refractivity contribution in [2.75, 3.05) is 46.6 Å². The lowest BCUT2D eigenvalue weighted by Crippen LogP contribution is -2.39. The highest BCUT2D eigenvalue weighted by atomic mass is 19.3. The van der Waals surface area contributed by atoms with Gasteiger partial charge in [0.15, 0.2) is 17.6 Å². The Labute approximate surface area is 214 Å². The minimum absolute atomic E-state index is 0.000363. The summed E-state index contributed by atoms with van der Waals surface area (Å²) in [7, 11) is 1.45. The number of carbonyl (C=O) groups is 2. The molecule has 2 rings (SSSR count). The number of para-hydroxylation sites is 2. The van der Waals surface area contributed by atoms with Gasteiger partial charge < -0.3 is 33.7 Å². The van der Waals surface area contributed by atoms with Gasteiger partial charge in [-0.25, -0.2) is 18.4 Å². The first-order valence-corrected chi connectivity index (χ1v) is 11.7. The van der Waals surface area contributed by atoms with E-state index in [0.717, 1.165) is 12.5 Å². The van der Waals surface area contributed by atoms with Gasteiger partial charge in [0.1, 0.15) is 19.0 Å². The summed E-state index contributed by atoms with van der Waals surface area (Å²) in [5.74, 6) is -2.93. The summed E-state index contributed by atoms with van der Waals surface area (Å²) in [6, 6.07) is 13.5. The molecule has 1 N–H and O–H groups in total. The van der Waals surface area contributed by atoms with Crippen LogP contribution in [0, 0.1) is 0 Å². The van der Waals surface area contributed by atoms with Crippen LogP contribution in [0.15, 0.2) is 48.5 Å². The van der Waals surface area contributed by atoms with E-state index < -0.39 is 30.7 Å². The monoisotopic (exact) mass is 525 g/mol. The number of ether oxygens (including phenoxy) is 5. The Morgan fingerprint density at radius 1 is 1.03 bits per heavy atom. The van der Waals surface area contributed by atoms with Crippen LogP contribution in [0.3, 0.4) is 0 Å². The molecule has 0 radical (unpaired) electrons. The maximum atomic E-state index is 13.0. The third kappa shape index (κ3) is 11.0. The number of methoxy groups -OCH3 is 1. The molecule has 1 unspecified atom stereocenters. The minimum atomic E-state index is -2.98. The zero-order chi connectivity index (χ0) is 27.3. The number of rotatable bonds is 16. The van der Waals surface area contributed by atoms with Crippen molar-refractivity contribution in [3.05, 3.63) is 54.1 Å². The molecule has 0 aliphatic rings. The van der Waals surface area contributed by atoms with Crippen LogP contribution < -0.4 is 14.2 Å². The zero-order valence-electron chi connectivity index (χ0n) is 21.2. The molecule has 0 fully saturated rings. The van der Waals surface area contributed by atoms with Gasteiger partial charge in [-0.05, 0) is 36.8 Å². The molecule has 0 bridgehead atoms. The van der Waals surface area contributed by atoms with Gasteiger partial charge in [0, 0.05) is 26.5 Å². The molecular formula is C26H33F2NO8. The Balaban J connectivity index is 1.96. The Hall–Kier alpha value is -3.44. The normalized spacial score (nSPS) is 12.0. The molecule has 11 heteroatoms. The Morgan fingerprint density at radius 3 is 2.27 bits per heavy atom. The topological polar surface area (TPSA) is 104 Å². The molecule has 1 atom stereocenters. The molecule has 0 heterocycles. The molecule has 0 saturated heterocycles. The SMILES string of the molecule is CCOC(Cc1ccc(OCCN(CCOCC(C)(F)F)C(=O)Oc2ccccc2OC)cc1)C(=O)O. The molecule has 0 aliphatic carbocycles. The molecule has 0 aromatic heterocycles. The van der Waals surface area contributed by atoms with Crippen LogP contribution in [-0.4, -0.2) is 80.7 Å². The molecule has 2 aromatic rings. The zero-order valence-corrected chi connectivity index (χ0v) is 21.2. The third-order valence-corrected chi connectivity index (χ3v) is 5.00. The van der Waals surface area contributed by atoms with Gasteiger partial charge in [-0.15, -0.1) is 0 Å². The first kappa shape index (κ1) is 29.8. The minimum Gasteiger partial charge on any atom is -0.493 e. The number of halogens is 2. The molecule has 9 nitrogen and oxygen atoms in total. The van der Waals surface area contributed by atoms with Crippen LogP contribution in [-0.2, 0) is 20.7 Å². The van der Waals surface area contributed by atoms with Crippen LogP contribution in [0.25, 0.3) is 0 Å². The molecule has 0 aliphatic heterocycles. The number of hydrogen-bond acceptors (Lipinski definition) is 7. The summed E-state index contributed by atoms with van der Waals surface area (Å²) in [5.41, 5.74) is 0.764. The number of carbonyl (C=O) groups excluding carboxylic acids is 1. The van der Waals surface area contributed by atoms with E-state index in [-0.39, 0.29) is 38.5 Å². The molecule has 204 valence electrons. The van der Waals surface area contributed by atoms with E-state index in [1.165, 1.54) is 12.0 Å². The van der Waals surface area contributed by atoms with Gasteiger partial charge in [0.05, 0.1) is 20.3 Å². The quantitative estimate of drug-likeness (QED) is 0.324. The summed E-state index contributed by atoms with van der Waals surface area (Å²) >= 11 is 0. The third-order valence-electron chi connectivity index (χ3n) is 5.00. The molecule has 0 saturated carbocycles. The van der Waals surface area contributed by atoms with Crippen molar-refractivity contribution >= 4 is 12.1 Å². The fraction of sp³-hybridized carbons (Fsp3) is 0.462. The number of carboxylic acid groups (broad SMARTS) is 1. The fourth-order valence-corrected chi connectivity index (χ4v) is 3.21. The highest BCUT2D eigenvalue weighted by molar-refractivity contribution is 5.73. The highest BCUT2D eigenvalue weighted by Crippen LogP contribution is 2.26.